The predicted molar refractivity (Wildman–Crippen MR) is 100 cm³/mol. The molecule has 3 atom stereocenters. The lowest BCUT2D eigenvalue weighted by atomic mass is 10.0. The number of hydrogen-bond acceptors (Lipinski definition) is 5. The Kier molecular flexibility index (Phi) is 7.23. The third kappa shape index (κ3) is 5.51. The van der Waals surface area contributed by atoms with Crippen LogP contribution >= 0.6 is 0 Å². The van der Waals surface area contributed by atoms with Crippen molar-refractivity contribution in [3.05, 3.63) is 0 Å². The van der Waals surface area contributed by atoms with Crippen molar-refractivity contribution in [3.8, 4) is 0 Å². The fourth-order valence-electron chi connectivity index (χ4n) is 3.89. The molecule has 0 bridgehead atoms. The summed E-state index contributed by atoms with van der Waals surface area (Å²) in [5.74, 6) is 0.356. The number of nitrogens with zero attached hydrogens (tertiary/aromatic N) is 2. The number of likely N-dealkylation sites (tertiary alicyclic amines) is 2. The van der Waals surface area contributed by atoms with Gasteiger partial charge in [0.1, 0.15) is 0 Å². The summed E-state index contributed by atoms with van der Waals surface area (Å²) in [5.41, 5.74) is 0. The second kappa shape index (κ2) is 8.75. The van der Waals surface area contributed by atoms with Crippen molar-refractivity contribution in [1.29, 1.82) is 0 Å². The maximum Gasteiger partial charge on any atom is 0.164 e. The summed E-state index contributed by atoms with van der Waals surface area (Å²) in [6.07, 6.45) is 2.38. The van der Waals surface area contributed by atoms with Gasteiger partial charge in [-0.1, -0.05) is 27.7 Å². The Morgan fingerprint density at radius 3 is 1.96 bits per heavy atom. The minimum absolute atomic E-state index is 0.0307. The summed E-state index contributed by atoms with van der Waals surface area (Å²) in [6, 6.07) is 2.77. The van der Waals surface area contributed by atoms with Crippen LogP contribution in [0.25, 0.3) is 0 Å². The first kappa shape index (κ1) is 19.8. The normalized spacial score (nSPS) is 26.3. The lowest BCUT2D eigenvalue weighted by molar-refractivity contribution is -0.118. The third-order valence-corrected chi connectivity index (χ3v) is 5.43. The molecule has 0 aliphatic carbocycles. The molecule has 0 aromatic carbocycles. The van der Waals surface area contributed by atoms with E-state index in [2.05, 4.69) is 62.0 Å². The molecular weight excluding hydrogens is 300 g/mol. The summed E-state index contributed by atoms with van der Waals surface area (Å²) in [4.78, 5) is 17.1. The first-order chi connectivity index (χ1) is 11.3. The van der Waals surface area contributed by atoms with Gasteiger partial charge >= 0.3 is 0 Å². The number of nitrogens with one attached hydrogen (secondary N) is 2. The molecule has 0 saturated carbocycles. The molecule has 0 spiro atoms. The van der Waals surface area contributed by atoms with Crippen LogP contribution in [0.2, 0.25) is 0 Å². The van der Waals surface area contributed by atoms with E-state index in [0.29, 0.717) is 42.5 Å². The van der Waals surface area contributed by atoms with E-state index in [4.69, 9.17) is 0 Å². The molecule has 5 heteroatoms. The second-order valence-corrected chi connectivity index (χ2v) is 8.52. The van der Waals surface area contributed by atoms with Crippen LogP contribution in [-0.4, -0.2) is 78.0 Å². The molecular formula is C19H38N4O. The van der Waals surface area contributed by atoms with Gasteiger partial charge in [-0.25, -0.2) is 0 Å². The van der Waals surface area contributed by atoms with E-state index < -0.39 is 0 Å². The van der Waals surface area contributed by atoms with Gasteiger partial charge in [-0.15, -0.1) is 0 Å². The molecule has 3 unspecified atom stereocenters. The zero-order valence-electron chi connectivity index (χ0n) is 16.5. The van der Waals surface area contributed by atoms with Crippen LogP contribution in [0.15, 0.2) is 0 Å². The van der Waals surface area contributed by atoms with Crippen molar-refractivity contribution in [3.63, 3.8) is 0 Å². The number of ketones is 1. The van der Waals surface area contributed by atoms with Gasteiger partial charge in [-0.2, -0.15) is 0 Å². The Bertz CT molecular complexity index is 406. The minimum Gasteiger partial charge on any atom is -0.309 e. The monoisotopic (exact) mass is 338 g/mol. The molecule has 2 aliphatic rings. The number of carbonyl (C=O) groups is 1. The molecule has 2 N–H and O–H groups in total. The van der Waals surface area contributed by atoms with Crippen LogP contribution in [-0.2, 0) is 4.79 Å². The molecule has 0 radical (unpaired) electrons. The Morgan fingerprint density at radius 1 is 0.875 bits per heavy atom. The fourth-order valence-corrected chi connectivity index (χ4v) is 3.89. The Morgan fingerprint density at radius 2 is 1.42 bits per heavy atom. The van der Waals surface area contributed by atoms with Gasteiger partial charge in [0.2, 0.25) is 0 Å². The third-order valence-electron chi connectivity index (χ3n) is 5.43. The molecule has 5 nitrogen and oxygen atoms in total. The van der Waals surface area contributed by atoms with Crippen LogP contribution in [0.1, 0.15) is 54.4 Å². The van der Waals surface area contributed by atoms with Crippen LogP contribution in [0, 0.1) is 0 Å². The number of Topliss-reactive ketones (excluding diaryl/α,β-unsaturated/α-hetero) is 1. The molecule has 2 fully saturated rings. The summed E-state index contributed by atoms with van der Waals surface area (Å²) < 4.78 is 0. The highest BCUT2D eigenvalue weighted by molar-refractivity contribution is 5.88. The summed E-state index contributed by atoms with van der Waals surface area (Å²) >= 11 is 0. The van der Waals surface area contributed by atoms with Gasteiger partial charge in [-0.05, 0) is 26.7 Å². The van der Waals surface area contributed by atoms with E-state index in [9.17, 15) is 4.79 Å². The van der Waals surface area contributed by atoms with Crippen molar-refractivity contribution < 1.29 is 4.79 Å². The number of rotatable bonds is 9. The summed E-state index contributed by atoms with van der Waals surface area (Å²) in [5, 5.41) is 7.00. The van der Waals surface area contributed by atoms with E-state index in [0.717, 1.165) is 6.54 Å². The highest BCUT2D eigenvalue weighted by atomic mass is 16.1. The van der Waals surface area contributed by atoms with Crippen molar-refractivity contribution in [2.75, 3.05) is 26.2 Å². The average Bonchev–Trinajstić information content (AvgIpc) is 2.79. The van der Waals surface area contributed by atoms with Crippen molar-refractivity contribution in [2.45, 2.75) is 90.6 Å². The summed E-state index contributed by atoms with van der Waals surface area (Å²) in [6.45, 7) is 17.1. The molecule has 2 aliphatic heterocycles. The van der Waals surface area contributed by atoms with E-state index in [1.165, 1.54) is 25.9 Å². The highest BCUT2D eigenvalue weighted by Gasteiger charge is 2.34. The topological polar surface area (TPSA) is 47.6 Å². The van der Waals surface area contributed by atoms with Crippen molar-refractivity contribution in [2.24, 2.45) is 0 Å². The molecule has 0 aromatic heterocycles. The van der Waals surface area contributed by atoms with E-state index in [1.807, 2.05) is 0 Å². The van der Waals surface area contributed by atoms with Gasteiger partial charge in [0, 0.05) is 49.8 Å². The Hall–Kier alpha value is -0.490. The van der Waals surface area contributed by atoms with Crippen LogP contribution in [0.4, 0.5) is 0 Å². The SMILES string of the molecule is CC(C)NC1CN(C(C)CCC(C)N2CC(=O)C(NC(C)C)C2)C1. The lowest BCUT2D eigenvalue weighted by Crippen LogP contribution is -2.61. The minimum atomic E-state index is 0.0307. The first-order valence-electron chi connectivity index (χ1n) is 9.79. The smallest absolute Gasteiger partial charge is 0.164 e. The molecule has 0 aromatic rings. The zero-order chi connectivity index (χ0) is 17.9. The first-order valence-corrected chi connectivity index (χ1v) is 9.79. The molecule has 0 amide bonds. The van der Waals surface area contributed by atoms with E-state index in [1.54, 1.807) is 0 Å². The largest absolute Gasteiger partial charge is 0.309 e. The maximum atomic E-state index is 12.1. The standard InChI is InChI=1S/C19H38N4O/c1-13(2)20-17-9-22(10-17)15(5)7-8-16(6)23-11-18(19(24)12-23)21-14(3)4/h13-18,20-21H,7-12H2,1-6H3. The number of carbonyl (C=O) groups excluding carboxylic acids is 1. The highest BCUT2D eigenvalue weighted by Crippen LogP contribution is 2.20. The molecule has 2 rings (SSSR count). The van der Waals surface area contributed by atoms with Crippen LogP contribution in [0.3, 0.4) is 0 Å². The number of hydrogen-bond donors (Lipinski definition) is 2. The van der Waals surface area contributed by atoms with E-state index in [-0.39, 0.29) is 6.04 Å². The molecule has 24 heavy (non-hydrogen) atoms. The van der Waals surface area contributed by atoms with Gasteiger partial charge in [0.05, 0.1) is 12.6 Å². The van der Waals surface area contributed by atoms with E-state index >= 15 is 0 Å². The predicted octanol–water partition coefficient (Wildman–Crippen LogP) is 1.48. The zero-order valence-corrected chi connectivity index (χ0v) is 16.5. The van der Waals surface area contributed by atoms with Gasteiger partial charge in [0.15, 0.2) is 5.78 Å². The Balaban J connectivity index is 1.66. The Labute approximate surface area is 148 Å². The van der Waals surface area contributed by atoms with Gasteiger partial charge in [-0.3, -0.25) is 14.6 Å². The van der Waals surface area contributed by atoms with Crippen LogP contribution in [0.5, 0.6) is 0 Å². The van der Waals surface area contributed by atoms with Gasteiger partial charge in [0.25, 0.3) is 0 Å². The van der Waals surface area contributed by atoms with Gasteiger partial charge < -0.3 is 10.6 Å². The van der Waals surface area contributed by atoms with Crippen molar-refractivity contribution in [1.82, 2.24) is 20.4 Å². The molecule has 2 heterocycles. The second-order valence-electron chi connectivity index (χ2n) is 8.52. The fraction of sp³-hybridized carbons (Fsp3) is 0.947. The van der Waals surface area contributed by atoms with Crippen molar-refractivity contribution >= 4 is 5.78 Å². The summed E-state index contributed by atoms with van der Waals surface area (Å²) in [7, 11) is 0. The average molecular weight is 339 g/mol. The maximum absolute atomic E-state index is 12.1. The van der Waals surface area contributed by atoms with Crippen LogP contribution < -0.4 is 10.6 Å². The lowest BCUT2D eigenvalue weighted by Gasteiger charge is -2.44. The quantitative estimate of drug-likeness (QED) is 0.667. The molecule has 2 saturated heterocycles. The molecule has 140 valence electrons.